The summed E-state index contributed by atoms with van der Waals surface area (Å²) >= 11 is 0. The highest BCUT2D eigenvalue weighted by molar-refractivity contribution is 5.94. The molecule has 9 nitrogen and oxygen atoms in total. The van der Waals surface area contributed by atoms with Crippen molar-refractivity contribution in [2.45, 2.75) is 72.1 Å². The maximum absolute atomic E-state index is 14.5. The second-order valence-corrected chi connectivity index (χ2v) is 14.1. The van der Waals surface area contributed by atoms with Gasteiger partial charge in [-0.1, -0.05) is 62.4 Å². The van der Waals surface area contributed by atoms with Crippen LogP contribution in [0.4, 0.5) is 0 Å². The molecule has 2 saturated heterocycles. The highest BCUT2D eigenvalue weighted by Crippen LogP contribution is 2.28. The summed E-state index contributed by atoms with van der Waals surface area (Å²) in [5.74, 6) is -0.0919. The fourth-order valence-electron chi connectivity index (χ4n) is 6.28. The molecule has 0 bridgehead atoms. The number of morpholine rings is 1. The van der Waals surface area contributed by atoms with Crippen LogP contribution in [0.15, 0.2) is 54.6 Å². The average molecular weight is 647 g/mol. The molecular formula is C38H54N4O5. The Kier molecular flexibility index (Phi) is 13.0. The standard InChI is InChI=1S/C33H42N4O4.C5H12O/c1-25(2)21-37(29-19-28(22-34(23-29)24-38)32(39)35-15-17-41-18-16-35)33(40)31-20-27-11-7-4-8-12-30(27)36(31)14-13-26-9-5-3-6-10-26;1-5(2,3)6-4/h3-10,12,20,24-25,28-29H,11,13-19,21-23H2,1-2H3;1-4H3. The summed E-state index contributed by atoms with van der Waals surface area (Å²) < 4.78 is 12.5. The Labute approximate surface area is 281 Å². The number of methoxy groups -OCH3 is 1. The van der Waals surface area contributed by atoms with Crippen molar-refractivity contribution in [1.82, 2.24) is 19.3 Å². The molecule has 3 heterocycles. The monoisotopic (exact) mass is 646 g/mol. The number of hydrogen-bond donors (Lipinski definition) is 0. The van der Waals surface area contributed by atoms with Crippen LogP contribution in [-0.4, -0.2) is 102 Å². The van der Waals surface area contributed by atoms with E-state index >= 15 is 0 Å². The molecule has 3 aliphatic rings. The van der Waals surface area contributed by atoms with Gasteiger partial charge in [-0.3, -0.25) is 14.4 Å². The molecule has 3 amide bonds. The molecule has 0 N–H and O–H groups in total. The van der Waals surface area contributed by atoms with Crippen molar-refractivity contribution < 1.29 is 23.9 Å². The van der Waals surface area contributed by atoms with Crippen molar-refractivity contribution in [2.75, 3.05) is 53.0 Å². The summed E-state index contributed by atoms with van der Waals surface area (Å²) in [6, 6.07) is 12.1. The first-order valence-corrected chi connectivity index (χ1v) is 17.0. The molecule has 0 radical (unpaired) electrons. The number of carbonyl (C=O) groups is 3. The lowest BCUT2D eigenvalue weighted by Crippen LogP contribution is -2.56. The molecule has 2 unspecified atom stereocenters. The molecule has 0 spiro atoms. The fraction of sp³-hybridized carbons (Fsp3) is 0.553. The summed E-state index contributed by atoms with van der Waals surface area (Å²) in [6.07, 6.45) is 11.3. The van der Waals surface area contributed by atoms with E-state index in [0.29, 0.717) is 64.6 Å². The van der Waals surface area contributed by atoms with E-state index in [1.54, 1.807) is 12.0 Å². The zero-order chi connectivity index (χ0) is 34.0. The van der Waals surface area contributed by atoms with Crippen molar-refractivity contribution in [3.05, 3.63) is 77.1 Å². The molecule has 5 rings (SSSR count). The molecule has 0 saturated carbocycles. The van der Waals surface area contributed by atoms with Gasteiger partial charge in [0.2, 0.25) is 12.3 Å². The van der Waals surface area contributed by atoms with E-state index < -0.39 is 0 Å². The first-order valence-electron chi connectivity index (χ1n) is 17.0. The lowest BCUT2D eigenvalue weighted by Gasteiger charge is -2.43. The van der Waals surface area contributed by atoms with Gasteiger partial charge in [0.05, 0.1) is 30.8 Å². The Balaban J connectivity index is 0.000000762. The van der Waals surface area contributed by atoms with Gasteiger partial charge in [0.1, 0.15) is 5.69 Å². The predicted molar refractivity (Wildman–Crippen MR) is 186 cm³/mol. The number of carbonyl (C=O) groups excluding carboxylic acids is 3. The molecule has 1 aromatic carbocycles. The fourth-order valence-corrected chi connectivity index (χ4v) is 6.28. The summed E-state index contributed by atoms with van der Waals surface area (Å²) in [5.41, 5.74) is 4.14. The van der Waals surface area contributed by atoms with Gasteiger partial charge < -0.3 is 28.7 Å². The van der Waals surface area contributed by atoms with Gasteiger partial charge in [-0.2, -0.15) is 0 Å². The zero-order valence-electron chi connectivity index (χ0n) is 29.2. The smallest absolute Gasteiger partial charge is 0.270 e. The number of ether oxygens (including phenoxy) is 2. The first kappa shape index (κ1) is 36.2. The number of amides is 3. The topological polar surface area (TPSA) is 84.3 Å². The molecule has 2 aliphatic heterocycles. The van der Waals surface area contributed by atoms with E-state index in [0.717, 1.165) is 30.5 Å². The van der Waals surface area contributed by atoms with Crippen LogP contribution < -0.4 is 0 Å². The Morgan fingerprint density at radius 2 is 1.79 bits per heavy atom. The number of rotatable bonds is 9. The van der Waals surface area contributed by atoms with Crippen molar-refractivity contribution in [3.8, 4) is 0 Å². The van der Waals surface area contributed by atoms with E-state index in [4.69, 9.17) is 9.47 Å². The van der Waals surface area contributed by atoms with Gasteiger partial charge >= 0.3 is 0 Å². The average Bonchev–Trinajstić information content (AvgIpc) is 3.25. The molecule has 2 fully saturated rings. The number of allylic oxidation sites excluding steroid dienone is 3. The van der Waals surface area contributed by atoms with E-state index in [9.17, 15) is 14.4 Å². The van der Waals surface area contributed by atoms with E-state index in [1.807, 2.05) is 60.9 Å². The van der Waals surface area contributed by atoms with Crippen LogP contribution in [0.3, 0.4) is 0 Å². The quantitative estimate of drug-likeness (QED) is 0.355. The summed E-state index contributed by atoms with van der Waals surface area (Å²) in [5, 5.41) is 0. The minimum atomic E-state index is -0.339. The third-order valence-corrected chi connectivity index (χ3v) is 8.90. The van der Waals surface area contributed by atoms with E-state index in [2.05, 4.69) is 48.8 Å². The molecule has 9 heteroatoms. The van der Waals surface area contributed by atoms with Gasteiger partial charge in [0.15, 0.2) is 0 Å². The Morgan fingerprint density at radius 1 is 1.09 bits per heavy atom. The molecule has 1 aliphatic carbocycles. The van der Waals surface area contributed by atoms with E-state index in [1.165, 1.54) is 5.56 Å². The SMILES string of the molecule is CC(C)CN(C(=O)c1cc2c(n1CCc1ccccc1)C=CC=CC2)C1CC(C(=O)N2CCOCC2)CN(C=O)C1.COC(C)(C)C. The van der Waals surface area contributed by atoms with Crippen molar-refractivity contribution >= 4 is 24.3 Å². The van der Waals surface area contributed by atoms with E-state index in [-0.39, 0.29) is 35.3 Å². The number of benzene rings is 1. The third kappa shape index (κ3) is 10.1. The Morgan fingerprint density at radius 3 is 2.43 bits per heavy atom. The van der Waals surface area contributed by atoms with Gasteiger partial charge in [0, 0.05) is 52.1 Å². The zero-order valence-corrected chi connectivity index (χ0v) is 29.2. The molecule has 47 heavy (non-hydrogen) atoms. The lowest BCUT2D eigenvalue weighted by atomic mass is 9.91. The normalized spacial score (nSPS) is 19.5. The lowest BCUT2D eigenvalue weighted by molar-refractivity contribution is -0.143. The van der Waals surface area contributed by atoms with Crippen molar-refractivity contribution in [1.29, 1.82) is 0 Å². The van der Waals surface area contributed by atoms with Gasteiger partial charge in [-0.15, -0.1) is 0 Å². The maximum atomic E-state index is 14.5. The number of fused-ring (bicyclic) bond motifs is 1. The number of aromatic nitrogens is 1. The van der Waals surface area contributed by atoms with Crippen LogP contribution in [0.2, 0.25) is 0 Å². The highest BCUT2D eigenvalue weighted by atomic mass is 16.5. The molecular weight excluding hydrogens is 592 g/mol. The van der Waals surface area contributed by atoms with Crippen LogP contribution in [0.25, 0.3) is 6.08 Å². The van der Waals surface area contributed by atoms with Crippen LogP contribution in [0.1, 0.15) is 68.3 Å². The number of aryl methyl sites for hydroxylation is 1. The predicted octanol–water partition coefficient (Wildman–Crippen LogP) is 5.09. The second-order valence-electron chi connectivity index (χ2n) is 14.1. The first-order chi connectivity index (χ1) is 22.5. The van der Waals surface area contributed by atoms with Gasteiger partial charge in [0.25, 0.3) is 5.91 Å². The van der Waals surface area contributed by atoms with Crippen LogP contribution in [0, 0.1) is 11.8 Å². The number of likely N-dealkylation sites (tertiary alicyclic amines) is 1. The minimum Gasteiger partial charge on any atom is -0.379 e. The second kappa shape index (κ2) is 16.9. The number of nitrogens with zero attached hydrogens (tertiary/aromatic N) is 4. The van der Waals surface area contributed by atoms with Crippen LogP contribution in [0.5, 0.6) is 0 Å². The number of hydrogen-bond acceptors (Lipinski definition) is 5. The molecule has 1 aromatic heterocycles. The van der Waals surface area contributed by atoms with Crippen molar-refractivity contribution in [3.63, 3.8) is 0 Å². The summed E-state index contributed by atoms with van der Waals surface area (Å²) in [6.45, 7) is 14.5. The summed E-state index contributed by atoms with van der Waals surface area (Å²) in [4.78, 5) is 45.5. The molecule has 256 valence electrons. The maximum Gasteiger partial charge on any atom is 0.270 e. The Hall–Kier alpha value is -3.69. The summed E-state index contributed by atoms with van der Waals surface area (Å²) in [7, 11) is 1.71. The van der Waals surface area contributed by atoms with Crippen LogP contribution >= 0.6 is 0 Å². The largest absolute Gasteiger partial charge is 0.379 e. The number of piperidine rings is 1. The molecule has 2 aromatic rings. The highest BCUT2D eigenvalue weighted by Gasteiger charge is 2.39. The minimum absolute atomic E-state index is 0.0347. The van der Waals surface area contributed by atoms with Gasteiger partial charge in [-0.25, -0.2) is 0 Å². The third-order valence-electron chi connectivity index (χ3n) is 8.90. The van der Waals surface area contributed by atoms with Crippen molar-refractivity contribution in [2.24, 2.45) is 11.8 Å². The van der Waals surface area contributed by atoms with Crippen LogP contribution in [-0.2, 0) is 38.4 Å². The Bertz CT molecular complexity index is 1380. The molecule has 2 atom stereocenters. The van der Waals surface area contributed by atoms with Gasteiger partial charge in [-0.05, 0) is 69.2 Å².